The van der Waals surface area contributed by atoms with E-state index in [2.05, 4.69) is 5.32 Å². The summed E-state index contributed by atoms with van der Waals surface area (Å²) in [7, 11) is -1.21. The van der Waals surface area contributed by atoms with Crippen LogP contribution in [-0.4, -0.2) is 33.3 Å². The van der Waals surface area contributed by atoms with Gasteiger partial charge in [0, 0.05) is 28.8 Å². The summed E-state index contributed by atoms with van der Waals surface area (Å²) in [4.78, 5) is 11.6. The zero-order valence-corrected chi connectivity index (χ0v) is 11.5. The van der Waals surface area contributed by atoms with Crippen LogP contribution >= 0.6 is 0 Å². The molecule has 0 saturated carbocycles. The van der Waals surface area contributed by atoms with Gasteiger partial charge in [-0.15, -0.1) is 0 Å². The van der Waals surface area contributed by atoms with Gasteiger partial charge in [-0.1, -0.05) is 6.07 Å². The van der Waals surface area contributed by atoms with E-state index in [4.69, 9.17) is 5.11 Å². The van der Waals surface area contributed by atoms with E-state index in [1.807, 2.05) is 32.0 Å². The Kier molecular flexibility index (Phi) is 6.01. The van der Waals surface area contributed by atoms with Gasteiger partial charge < -0.3 is 10.4 Å². The molecule has 1 atom stereocenters. The molecule has 1 unspecified atom stereocenters. The summed E-state index contributed by atoms with van der Waals surface area (Å²) in [5.41, 5.74) is 2.88. The van der Waals surface area contributed by atoms with E-state index in [1.165, 1.54) is 0 Å². The quantitative estimate of drug-likeness (QED) is 0.819. The van der Waals surface area contributed by atoms with Crippen LogP contribution in [0.4, 0.5) is 5.69 Å². The first-order valence-corrected chi connectivity index (χ1v) is 7.34. The van der Waals surface area contributed by atoms with Crippen molar-refractivity contribution in [1.29, 1.82) is 0 Å². The highest BCUT2D eigenvalue weighted by molar-refractivity contribution is 7.85. The molecule has 0 spiro atoms. The van der Waals surface area contributed by atoms with Crippen LogP contribution in [0.1, 0.15) is 17.5 Å². The SMILES string of the molecule is Cc1cc(C)cc(NC(=O)CS(=O)CCCO)c1. The van der Waals surface area contributed by atoms with Gasteiger partial charge in [-0.3, -0.25) is 9.00 Å². The van der Waals surface area contributed by atoms with Crippen molar-refractivity contribution < 1.29 is 14.1 Å². The first-order valence-electron chi connectivity index (χ1n) is 5.85. The van der Waals surface area contributed by atoms with Crippen molar-refractivity contribution in [2.24, 2.45) is 0 Å². The third-order valence-electron chi connectivity index (χ3n) is 2.33. The summed E-state index contributed by atoms with van der Waals surface area (Å²) in [5.74, 6) is 0.0836. The molecule has 0 heterocycles. The number of amides is 1. The molecule has 1 aromatic carbocycles. The molecule has 4 nitrogen and oxygen atoms in total. The van der Waals surface area contributed by atoms with Crippen LogP contribution in [0.15, 0.2) is 18.2 Å². The van der Waals surface area contributed by atoms with E-state index < -0.39 is 10.8 Å². The zero-order valence-electron chi connectivity index (χ0n) is 10.7. The molecule has 0 aliphatic rings. The van der Waals surface area contributed by atoms with Crippen LogP contribution < -0.4 is 5.32 Å². The number of hydrogen-bond acceptors (Lipinski definition) is 3. The van der Waals surface area contributed by atoms with Crippen molar-refractivity contribution >= 4 is 22.4 Å². The number of aliphatic hydroxyl groups is 1. The van der Waals surface area contributed by atoms with Crippen LogP contribution in [0.2, 0.25) is 0 Å². The van der Waals surface area contributed by atoms with Crippen molar-refractivity contribution in [3.05, 3.63) is 29.3 Å². The summed E-state index contributed by atoms with van der Waals surface area (Å²) in [6.45, 7) is 3.93. The maximum Gasteiger partial charge on any atom is 0.236 e. The molecule has 5 heteroatoms. The van der Waals surface area contributed by atoms with Gasteiger partial charge in [0.1, 0.15) is 5.75 Å². The summed E-state index contributed by atoms with van der Waals surface area (Å²) < 4.78 is 11.5. The first kappa shape index (κ1) is 14.9. The number of nitrogens with one attached hydrogen (secondary N) is 1. The standard InChI is InChI=1S/C13H19NO3S/c1-10-6-11(2)8-12(7-10)14-13(16)9-18(17)5-3-4-15/h6-8,15H,3-5,9H2,1-2H3,(H,14,16). The summed E-state index contributed by atoms with van der Waals surface area (Å²) >= 11 is 0. The van der Waals surface area contributed by atoms with Crippen LogP contribution in [0.25, 0.3) is 0 Å². The van der Waals surface area contributed by atoms with E-state index >= 15 is 0 Å². The maximum absolute atomic E-state index is 11.6. The molecule has 0 fully saturated rings. The molecule has 0 saturated heterocycles. The Morgan fingerprint density at radius 1 is 1.28 bits per heavy atom. The minimum absolute atomic E-state index is 0.00440. The molecule has 1 rings (SSSR count). The summed E-state index contributed by atoms with van der Waals surface area (Å²) in [5, 5.41) is 11.3. The highest BCUT2D eigenvalue weighted by atomic mass is 32.2. The zero-order chi connectivity index (χ0) is 13.5. The van der Waals surface area contributed by atoms with Gasteiger partial charge in [0.25, 0.3) is 0 Å². The lowest BCUT2D eigenvalue weighted by Gasteiger charge is -2.07. The van der Waals surface area contributed by atoms with Crippen LogP contribution in [0.5, 0.6) is 0 Å². The fourth-order valence-corrected chi connectivity index (χ4v) is 2.65. The van der Waals surface area contributed by atoms with Crippen molar-refractivity contribution in [3.8, 4) is 0 Å². The fourth-order valence-electron chi connectivity index (χ4n) is 1.69. The number of rotatable bonds is 6. The Morgan fingerprint density at radius 3 is 2.44 bits per heavy atom. The van der Waals surface area contributed by atoms with Crippen LogP contribution in [-0.2, 0) is 15.6 Å². The number of anilines is 1. The van der Waals surface area contributed by atoms with E-state index in [0.29, 0.717) is 12.2 Å². The molecule has 100 valence electrons. The molecule has 2 N–H and O–H groups in total. The molecule has 0 radical (unpaired) electrons. The molecular weight excluding hydrogens is 250 g/mol. The van der Waals surface area contributed by atoms with E-state index in [1.54, 1.807) is 0 Å². The average Bonchev–Trinajstić information content (AvgIpc) is 2.24. The molecule has 1 amide bonds. The molecule has 0 aliphatic heterocycles. The Labute approximate surface area is 110 Å². The third-order valence-corrected chi connectivity index (χ3v) is 3.66. The van der Waals surface area contributed by atoms with Gasteiger partial charge in [0.05, 0.1) is 0 Å². The van der Waals surface area contributed by atoms with Gasteiger partial charge in [-0.25, -0.2) is 0 Å². The lowest BCUT2D eigenvalue weighted by atomic mass is 10.1. The monoisotopic (exact) mass is 269 g/mol. The van der Waals surface area contributed by atoms with Crippen LogP contribution in [0.3, 0.4) is 0 Å². The van der Waals surface area contributed by atoms with Gasteiger partial charge in [0.2, 0.25) is 5.91 Å². The second kappa shape index (κ2) is 7.28. The van der Waals surface area contributed by atoms with Gasteiger partial charge >= 0.3 is 0 Å². The third kappa shape index (κ3) is 5.42. The molecule has 0 aliphatic carbocycles. The number of benzene rings is 1. The van der Waals surface area contributed by atoms with E-state index in [9.17, 15) is 9.00 Å². The lowest BCUT2D eigenvalue weighted by Crippen LogP contribution is -2.21. The Morgan fingerprint density at radius 2 is 1.89 bits per heavy atom. The number of carbonyl (C=O) groups is 1. The molecular formula is C13H19NO3S. The fraction of sp³-hybridized carbons (Fsp3) is 0.462. The van der Waals surface area contributed by atoms with E-state index in [0.717, 1.165) is 16.8 Å². The van der Waals surface area contributed by atoms with E-state index in [-0.39, 0.29) is 18.3 Å². The minimum Gasteiger partial charge on any atom is -0.396 e. The van der Waals surface area contributed by atoms with Gasteiger partial charge in [-0.05, 0) is 43.5 Å². The van der Waals surface area contributed by atoms with Gasteiger partial charge in [-0.2, -0.15) is 0 Å². The first-order chi connectivity index (χ1) is 8.51. The predicted molar refractivity (Wildman–Crippen MR) is 74.1 cm³/mol. The molecule has 0 aromatic heterocycles. The van der Waals surface area contributed by atoms with Crippen molar-refractivity contribution in [1.82, 2.24) is 0 Å². The Bertz CT molecular complexity index is 426. The maximum atomic E-state index is 11.6. The average molecular weight is 269 g/mol. The Balaban J connectivity index is 2.51. The predicted octanol–water partition coefficient (Wildman–Crippen LogP) is 1.37. The number of aryl methyl sites for hydroxylation is 2. The number of hydrogen-bond donors (Lipinski definition) is 2. The largest absolute Gasteiger partial charge is 0.396 e. The highest BCUT2D eigenvalue weighted by Crippen LogP contribution is 2.13. The topological polar surface area (TPSA) is 66.4 Å². The van der Waals surface area contributed by atoms with Crippen molar-refractivity contribution in [3.63, 3.8) is 0 Å². The van der Waals surface area contributed by atoms with Gasteiger partial charge in [0.15, 0.2) is 0 Å². The summed E-state index contributed by atoms with van der Waals surface area (Å²) in [6.07, 6.45) is 0.462. The number of aliphatic hydroxyl groups excluding tert-OH is 1. The lowest BCUT2D eigenvalue weighted by molar-refractivity contribution is -0.113. The minimum atomic E-state index is -1.21. The van der Waals surface area contributed by atoms with Crippen molar-refractivity contribution in [2.45, 2.75) is 20.3 Å². The molecule has 1 aromatic rings. The summed E-state index contributed by atoms with van der Waals surface area (Å²) in [6, 6.07) is 5.78. The smallest absolute Gasteiger partial charge is 0.236 e. The number of carbonyl (C=O) groups excluding carboxylic acids is 1. The van der Waals surface area contributed by atoms with Crippen molar-refractivity contribution in [2.75, 3.05) is 23.4 Å². The molecule has 0 bridgehead atoms. The molecule has 18 heavy (non-hydrogen) atoms. The highest BCUT2D eigenvalue weighted by Gasteiger charge is 2.08. The normalized spacial score (nSPS) is 12.2. The van der Waals surface area contributed by atoms with Crippen LogP contribution in [0, 0.1) is 13.8 Å². The second-order valence-corrected chi connectivity index (χ2v) is 5.87. The Hall–Kier alpha value is -1.20. The second-order valence-electron chi connectivity index (χ2n) is 4.29.